The highest BCUT2D eigenvalue weighted by molar-refractivity contribution is 5.85. The molecule has 3 nitrogen and oxygen atoms in total. The van der Waals surface area contributed by atoms with Gasteiger partial charge >= 0.3 is 5.97 Å². The van der Waals surface area contributed by atoms with Crippen molar-refractivity contribution in [3.63, 3.8) is 0 Å². The van der Waals surface area contributed by atoms with Gasteiger partial charge in [-0.1, -0.05) is 0 Å². The summed E-state index contributed by atoms with van der Waals surface area (Å²) < 4.78 is 26.2. The third-order valence-electron chi connectivity index (χ3n) is 2.29. The van der Waals surface area contributed by atoms with Gasteiger partial charge in [-0.3, -0.25) is 4.79 Å². The number of rotatable bonds is 5. The summed E-state index contributed by atoms with van der Waals surface area (Å²) in [5.41, 5.74) is 5.30. The molecule has 1 rings (SSSR count). The van der Waals surface area contributed by atoms with Crippen LogP contribution in [0, 0.1) is 5.92 Å². The second kappa shape index (κ2) is 4.89. The number of hydrogen-bond acceptors (Lipinski definition) is 2. The number of aliphatic carboxylic acids is 1. The molecule has 0 aromatic heterocycles. The van der Waals surface area contributed by atoms with E-state index in [1.807, 2.05) is 0 Å². The predicted octanol–water partition coefficient (Wildman–Crippen LogP) is 1.65. The van der Waals surface area contributed by atoms with Crippen LogP contribution in [0.3, 0.4) is 0 Å². The number of alkyl halides is 2. The molecule has 0 aliphatic heterocycles. The Hall–Kier alpha value is -0.420. The summed E-state index contributed by atoms with van der Waals surface area (Å²) in [7, 11) is 0. The molecule has 14 heavy (non-hydrogen) atoms. The number of carboxylic acids is 1. The molecule has 0 aromatic rings. The van der Waals surface area contributed by atoms with Crippen LogP contribution >= 0.6 is 12.4 Å². The first-order valence-electron chi connectivity index (χ1n) is 4.28. The molecule has 1 fully saturated rings. The monoisotopic (exact) mass is 229 g/mol. The molecule has 3 N–H and O–H groups in total. The summed E-state index contributed by atoms with van der Waals surface area (Å²) in [6, 6.07) is -1.16. The van der Waals surface area contributed by atoms with E-state index in [2.05, 4.69) is 0 Å². The zero-order chi connectivity index (χ0) is 10.1. The Balaban J connectivity index is 0.00000169. The molecule has 1 unspecified atom stereocenters. The van der Waals surface area contributed by atoms with Crippen LogP contribution in [0.15, 0.2) is 0 Å². The van der Waals surface area contributed by atoms with Gasteiger partial charge in [0.15, 0.2) is 0 Å². The predicted molar refractivity (Wildman–Crippen MR) is 49.8 cm³/mol. The topological polar surface area (TPSA) is 63.3 Å². The van der Waals surface area contributed by atoms with Crippen LogP contribution in [0.5, 0.6) is 0 Å². The van der Waals surface area contributed by atoms with Gasteiger partial charge < -0.3 is 10.8 Å². The Bertz CT molecular complexity index is 210. The van der Waals surface area contributed by atoms with Gasteiger partial charge in [-0.2, -0.15) is 0 Å². The first-order valence-corrected chi connectivity index (χ1v) is 4.28. The standard InChI is InChI=1S/C8H13F2NO2.ClH/c9-8(10,4-3-6(12)13)7(11)5-1-2-5;/h5,7H,1-4,11H2,(H,12,13);1H. The molecule has 1 aliphatic carbocycles. The molecular formula is C8H14ClF2NO2. The molecule has 1 aliphatic rings. The fourth-order valence-corrected chi connectivity index (χ4v) is 1.24. The summed E-state index contributed by atoms with van der Waals surface area (Å²) in [6.45, 7) is 0. The smallest absolute Gasteiger partial charge is 0.303 e. The highest BCUT2D eigenvalue weighted by Gasteiger charge is 2.45. The van der Waals surface area contributed by atoms with E-state index in [0.29, 0.717) is 0 Å². The van der Waals surface area contributed by atoms with Gasteiger partial charge in [0.25, 0.3) is 5.92 Å². The zero-order valence-corrected chi connectivity index (χ0v) is 8.40. The zero-order valence-electron chi connectivity index (χ0n) is 7.58. The van der Waals surface area contributed by atoms with E-state index >= 15 is 0 Å². The Morgan fingerprint density at radius 2 is 2.07 bits per heavy atom. The van der Waals surface area contributed by atoms with E-state index in [1.54, 1.807) is 0 Å². The second-order valence-corrected chi connectivity index (χ2v) is 3.52. The van der Waals surface area contributed by atoms with Crippen molar-refractivity contribution in [3.8, 4) is 0 Å². The van der Waals surface area contributed by atoms with Crippen molar-refractivity contribution in [1.29, 1.82) is 0 Å². The molecule has 0 radical (unpaired) electrons. The fourth-order valence-electron chi connectivity index (χ4n) is 1.24. The Labute approximate surface area is 87.1 Å². The molecule has 1 atom stereocenters. The number of carbonyl (C=O) groups is 1. The molecule has 0 spiro atoms. The van der Waals surface area contributed by atoms with Crippen LogP contribution in [-0.4, -0.2) is 23.0 Å². The third-order valence-corrected chi connectivity index (χ3v) is 2.29. The van der Waals surface area contributed by atoms with Crippen LogP contribution in [0.25, 0.3) is 0 Å². The van der Waals surface area contributed by atoms with Crippen molar-refractivity contribution in [2.45, 2.75) is 37.6 Å². The molecule has 0 heterocycles. The Kier molecular flexibility index (Phi) is 4.74. The minimum Gasteiger partial charge on any atom is -0.481 e. The average Bonchev–Trinajstić information content (AvgIpc) is 2.82. The van der Waals surface area contributed by atoms with Gasteiger partial charge in [0.1, 0.15) is 0 Å². The van der Waals surface area contributed by atoms with Gasteiger partial charge in [0.05, 0.1) is 12.5 Å². The largest absolute Gasteiger partial charge is 0.481 e. The van der Waals surface area contributed by atoms with E-state index in [9.17, 15) is 13.6 Å². The summed E-state index contributed by atoms with van der Waals surface area (Å²) in [5.74, 6) is -4.34. The van der Waals surface area contributed by atoms with E-state index in [-0.39, 0.29) is 18.3 Å². The summed E-state index contributed by atoms with van der Waals surface area (Å²) in [5, 5.41) is 8.24. The number of carboxylic acid groups (broad SMARTS) is 1. The first-order chi connectivity index (χ1) is 5.93. The molecule has 0 aromatic carbocycles. The lowest BCUT2D eigenvalue weighted by Gasteiger charge is -2.22. The maximum absolute atomic E-state index is 13.1. The normalized spacial score (nSPS) is 18.5. The Morgan fingerprint density at radius 1 is 1.57 bits per heavy atom. The molecule has 0 saturated heterocycles. The van der Waals surface area contributed by atoms with Crippen molar-refractivity contribution >= 4 is 18.4 Å². The lowest BCUT2D eigenvalue weighted by molar-refractivity contribution is -0.139. The summed E-state index contributed by atoms with van der Waals surface area (Å²) >= 11 is 0. The molecule has 1 saturated carbocycles. The lowest BCUT2D eigenvalue weighted by atomic mass is 10.0. The molecule has 0 bridgehead atoms. The van der Waals surface area contributed by atoms with Gasteiger partial charge in [-0.25, -0.2) is 8.78 Å². The highest BCUT2D eigenvalue weighted by atomic mass is 35.5. The quantitative estimate of drug-likeness (QED) is 0.754. The second-order valence-electron chi connectivity index (χ2n) is 3.52. The van der Waals surface area contributed by atoms with E-state index < -0.39 is 30.8 Å². The van der Waals surface area contributed by atoms with Crippen LogP contribution in [0.2, 0.25) is 0 Å². The average molecular weight is 230 g/mol. The van der Waals surface area contributed by atoms with E-state index in [1.165, 1.54) is 0 Å². The van der Waals surface area contributed by atoms with Crippen molar-refractivity contribution in [1.82, 2.24) is 0 Å². The van der Waals surface area contributed by atoms with Crippen LogP contribution in [-0.2, 0) is 4.79 Å². The highest BCUT2D eigenvalue weighted by Crippen LogP contribution is 2.39. The van der Waals surface area contributed by atoms with Gasteiger partial charge in [-0.05, 0) is 18.8 Å². The molecule has 6 heteroatoms. The molecule has 84 valence electrons. The maximum Gasteiger partial charge on any atom is 0.303 e. The van der Waals surface area contributed by atoms with Crippen LogP contribution < -0.4 is 5.73 Å². The SMILES string of the molecule is Cl.NC(C1CC1)C(F)(F)CCC(=O)O. The molecule has 0 amide bonds. The maximum atomic E-state index is 13.1. The fraction of sp³-hybridized carbons (Fsp3) is 0.875. The Morgan fingerprint density at radius 3 is 2.43 bits per heavy atom. The number of nitrogens with two attached hydrogens (primary N) is 1. The molecular weight excluding hydrogens is 216 g/mol. The summed E-state index contributed by atoms with van der Waals surface area (Å²) in [6.07, 6.45) is 0.307. The van der Waals surface area contributed by atoms with Crippen molar-refractivity contribution in [2.75, 3.05) is 0 Å². The third kappa shape index (κ3) is 3.75. The minimum absolute atomic E-state index is 0. The first kappa shape index (κ1) is 13.6. The van der Waals surface area contributed by atoms with E-state index in [4.69, 9.17) is 10.8 Å². The number of halogens is 3. The van der Waals surface area contributed by atoms with Crippen LogP contribution in [0.1, 0.15) is 25.7 Å². The lowest BCUT2D eigenvalue weighted by Crippen LogP contribution is -2.42. The number of hydrogen-bond donors (Lipinski definition) is 2. The van der Waals surface area contributed by atoms with Gasteiger partial charge in [0, 0.05) is 6.42 Å². The van der Waals surface area contributed by atoms with E-state index in [0.717, 1.165) is 12.8 Å². The van der Waals surface area contributed by atoms with Gasteiger partial charge in [0.2, 0.25) is 0 Å². The van der Waals surface area contributed by atoms with Crippen molar-refractivity contribution in [2.24, 2.45) is 11.7 Å². The summed E-state index contributed by atoms with van der Waals surface area (Å²) in [4.78, 5) is 10.1. The van der Waals surface area contributed by atoms with Gasteiger partial charge in [-0.15, -0.1) is 12.4 Å². The van der Waals surface area contributed by atoms with Crippen molar-refractivity contribution in [3.05, 3.63) is 0 Å². The minimum atomic E-state index is -3.03. The van der Waals surface area contributed by atoms with Crippen LogP contribution in [0.4, 0.5) is 8.78 Å². The van der Waals surface area contributed by atoms with Crippen molar-refractivity contribution < 1.29 is 18.7 Å².